The summed E-state index contributed by atoms with van der Waals surface area (Å²) in [6.07, 6.45) is 3.72. The average molecular weight is 463 g/mol. The van der Waals surface area contributed by atoms with E-state index < -0.39 is 0 Å². The third-order valence-electron chi connectivity index (χ3n) is 4.35. The molecule has 144 valence electrons. The topological polar surface area (TPSA) is 75.3 Å². The molecule has 0 saturated heterocycles. The molecule has 1 aliphatic rings. The highest BCUT2D eigenvalue weighted by Gasteiger charge is 2.25. The largest absolute Gasteiger partial charge is 0.357 e. The quantitative estimate of drug-likeness (QED) is 0.403. The van der Waals surface area contributed by atoms with Gasteiger partial charge in [0.25, 0.3) is 0 Å². The monoisotopic (exact) mass is 463 g/mol. The van der Waals surface area contributed by atoms with Crippen LogP contribution in [0.3, 0.4) is 0 Å². The molecule has 2 rings (SSSR count). The second kappa shape index (κ2) is 9.73. The van der Waals surface area contributed by atoms with Gasteiger partial charge in [-0.2, -0.15) is 4.98 Å². The van der Waals surface area contributed by atoms with Crippen LogP contribution >= 0.6 is 24.0 Å². The molecule has 25 heavy (non-hydrogen) atoms. The third-order valence-corrected chi connectivity index (χ3v) is 4.35. The van der Waals surface area contributed by atoms with E-state index in [4.69, 9.17) is 4.52 Å². The minimum atomic E-state index is -0.133. The number of rotatable bonds is 4. The van der Waals surface area contributed by atoms with Gasteiger partial charge in [-0.1, -0.05) is 39.8 Å². The fraction of sp³-hybridized carbons (Fsp3) is 0.833. The predicted octanol–water partition coefficient (Wildman–Crippen LogP) is 3.86. The number of nitrogens with one attached hydrogen (secondary N) is 2. The Labute approximate surface area is 169 Å². The highest BCUT2D eigenvalue weighted by atomic mass is 127. The third kappa shape index (κ3) is 7.11. The van der Waals surface area contributed by atoms with Gasteiger partial charge in [0, 0.05) is 18.0 Å². The standard InChI is InChI=1S/C18H33N5O.HI/c1-7-19-17(21-14-9-12(2)8-13(3)10-14)20-11-15-22-16(24-23-15)18(4,5)6;/h12-14H,7-11H2,1-6H3,(H2,19,20,21);1H. The summed E-state index contributed by atoms with van der Waals surface area (Å²) < 4.78 is 5.33. The van der Waals surface area contributed by atoms with E-state index in [0.717, 1.165) is 24.3 Å². The summed E-state index contributed by atoms with van der Waals surface area (Å²) in [5.74, 6) is 3.65. The Hall–Kier alpha value is -0.860. The van der Waals surface area contributed by atoms with Crippen molar-refractivity contribution in [2.45, 2.75) is 78.8 Å². The van der Waals surface area contributed by atoms with Crippen LogP contribution in [-0.4, -0.2) is 28.7 Å². The van der Waals surface area contributed by atoms with Crippen molar-refractivity contribution in [1.29, 1.82) is 0 Å². The first-order valence-corrected chi connectivity index (χ1v) is 9.15. The Kier molecular flexibility index (Phi) is 8.63. The number of hydrogen-bond acceptors (Lipinski definition) is 4. The maximum atomic E-state index is 5.33. The molecular weight excluding hydrogens is 429 g/mol. The summed E-state index contributed by atoms with van der Waals surface area (Å²) in [5.41, 5.74) is -0.133. The molecule has 1 fully saturated rings. The molecule has 1 aromatic rings. The second-order valence-electron chi connectivity index (χ2n) is 8.22. The van der Waals surface area contributed by atoms with Gasteiger partial charge in [-0.15, -0.1) is 24.0 Å². The zero-order valence-electron chi connectivity index (χ0n) is 16.4. The Morgan fingerprint density at radius 3 is 2.36 bits per heavy atom. The summed E-state index contributed by atoms with van der Waals surface area (Å²) in [5, 5.41) is 10.9. The molecular formula is C18H34IN5O. The highest BCUT2D eigenvalue weighted by molar-refractivity contribution is 14.0. The van der Waals surface area contributed by atoms with Crippen LogP contribution in [0.25, 0.3) is 0 Å². The Bertz CT molecular complexity index is 542. The smallest absolute Gasteiger partial charge is 0.232 e. The van der Waals surface area contributed by atoms with Gasteiger partial charge in [0.2, 0.25) is 5.89 Å². The number of aromatic nitrogens is 2. The lowest BCUT2D eigenvalue weighted by Gasteiger charge is -2.32. The van der Waals surface area contributed by atoms with Gasteiger partial charge in [0.05, 0.1) is 0 Å². The van der Waals surface area contributed by atoms with E-state index in [2.05, 4.69) is 67.3 Å². The van der Waals surface area contributed by atoms with E-state index >= 15 is 0 Å². The van der Waals surface area contributed by atoms with E-state index in [1.165, 1.54) is 19.3 Å². The first-order valence-electron chi connectivity index (χ1n) is 9.15. The first-order chi connectivity index (χ1) is 11.3. The summed E-state index contributed by atoms with van der Waals surface area (Å²) in [6, 6.07) is 0.483. The van der Waals surface area contributed by atoms with E-state index in [-0.39, 0.29) is 29.4 Å². The highest BCUT2D eigenvalue weighted by Crippen LogP contribution is 2.28. The van der Waals surface area contributed by atoms with Crippen molar-refractivity contribution in [3.05, 3.63) is 11.7 Å². The Balaban J connectivity index is 0.00000312. The van der Waals surface area contributed by atoms with E-state index in [0.29, 0.717) is 24.3 Å². The van der Waals surface area contributed by atoms with Crippen LogP contribution in [0.1, 0.15) is 72.5 Å². The number of guanidine groups is 1. The fourth-order valence-corrected chi connectivity index (χ4v) is 3.35. The van der Waals surface area contributed by atoms with Crippen LogP contribution in [0.2, 0.25) is 0 Å². The molecule has 1 heterocycles. The van der Waals surface area contributed by atoms with Crippen LogP contribution in [0.5, 0.6) is 0 Å². The normalized spacial score (nSPS) is 24.6. The van der Waals surface area contributed by atoms with Gasteiger partial charge in [0.15, 0.2) is 11.8 Å². The number of nitrogens with zero attached hydrogens (tertiary/aromatic N) is 3. The minimum Gasteiger partial charge on any atom is -0.357 e. The average Bonchev–Trinajstić information content (AvgIpc) is 2.93. The molecule has 7 heteroatoms. The van der Waals surface area contributed by atoms with Gasteiger partial charge >= 0.3 is 0 Å². The molecule has 1 aliphatic carbocycles. The summed E-state index contributed by atoms with van der Waals surface area (Å²) in [7, 11) is 0. The molecule has 2 unspecified atom stereocenters. The van der Waals surface area contributed by atoms with E-state index in [9.17, 15) is 0 Å². The molecule has 2 atom stereocenters. The zero-order valence-corrected chi connectivity index (χ0v) is 18.8. The fourth-order valence-electron chi connectivity index (χ4n) is 3.35. The molecule has 1 aromatic heterocycles. The number of aliphatic imine (C=N–C) groups is 1. The molecule has 0 aromatic carbocycles. The summed E-state index contributed by atoms with van der Waals surface area (Å²) in [6.45, 7) is 14.2. The lowest BCUT2D eigenvalue weighted by atomic mass is 9.80. The van der Waals surface area contributed by atoms with E-state index in [1.807, 2.05) is 0 Å². The van der Waals surface area contributed by atoms with Crippen molar-refractivity contribution in [2.75, 3.05) is 6.54 Å². The number of hydrogen-bond donors (Lipinski definition) is 2. The van der Waals surface area contributed by atoms with Crippen LogP contribution < -0.4 is 10.6 Å². The molecule has 0 radical (unpaired) electrons. The Morgan fingerprint density at radius 1 is 1.20 bits per heavy atom. The molecule has 0 aliphatic heterocycles. The molecule has 1 saturated carbocycles. The lowest BCUT2D eigenvalue weighted by Crippen LogP contribution is -2.46. The molecule has 0 spiro atoms. The molecule has 6 nitrogen and oxygen atoms in total. The molecule has 0 bridgehead atoms. The zero-order chi connectivity index (χ0) is 17.7. The Morgan fingerprint density at radius 2 is 1.84 bits per heavy atom. The molecule has 0 amide bonds. The van der Waals surface area contributed by atoms with Crippen molar-refractivity contribution in [2.24, 2.45) is 16.8 Å². The predicted molar refractivity (Wildman–Crippen MR) is 112 cm³/mol. The van der Waals surface area contributed by atoms with Gasteiger partial charge in [-0.05, 0) is 38.0 Å². The lowest BCUT2D eigenvalue weighted by molar-refractivity contribution is 0.255. The first kappa shape index (κ1) is 22.2. The number of halogens is 1. The van der Waals surface area contributed by atoms with Crippen LogP contribution in [0.4, 0.5) is 0 Å². The van der Waals surface area contributed by atoms with Crippen molar-refractivity contribution in [3.8, 4) is 0 Å². The second-order valence-corrected chi connectivity index (χ2v) is 8.22. The summed E-state index contributed by atoms with van der Waals surface area (Å²) >= 11 is 0. The van der Waals surface area contributed by atoms with Crippen molar-refractivity contribution in [1.82, 2.24) is 20.8 Å². The van der Waals surface area contributed by atoms with Crippen LogP contribution in [-0.2, 0) is 12.0 Å². The van der Waals surface area contributed by atoms with Crippen molar-refractivity contribution in [3.63, 3.8) is 0 Å². The summed E-state index contributed by atoms with van der Waals surface area (Å²) in [4.78, 5) is 9.08. The van der Waals surface area contributed by atoms with E-state index in [1.54, 1.807) is 0 Å². The van der Waals surface area contributed by atoms with Gasteiger partial charge in [-0.3, -0.25) is 0 Å². The van der Waals surface area contributed by atoms with Gasteiger partial charge in [0.1, 0.15) is 6.54 Å². The molecule has 2 N–H and O–H groups in total. The van der Waals surface area contributed by atoms with Crippen molar-refractivity contribution >= 4 is 29.9 Å². The maximum Gasteiger partial charge on any atom is 0.232 e. The van der Waals surface area contributed by atoms with Gasteiger partial charge in [-0.25, -0.2) is 4.99 Å². The maximum absolute atomic E-state index is 5.33. The SMILES string of the molecule is CCNC(=NCc1noc(C(C)(C)C)n1)NC1CC(C)CC(C)C1.I. The van der Waals surface area contributed by atoms with Crippen LogP contribution in [0.15, 0.2) is 9.52 Å². The minimum absolute atomic E-state index is 0. The van der Waals surface area contributed by atoms with Crippen LogP contribution in [0, 0.1) is 11.8 Å². The van der Waals surface area contributed by atoms with Crippen molar-refractivity contribution < 1.29 is 4.52 Å². The van der Waals surface area contributed by atoms with Gasteiger partial charge < -0.3 is 15.2 Å².